The van der Waals surface area contributed by atoms with Gasteiger partial charge in [-0.05, 0) is 23.8 Å². The lowest BCUT2D eigenvalue weighted by atomic mass is 10.1. The molecule has 10 heteroatoms. The first-order valence-corrected chi connectivity index (χ1v) is 10.1. The lowest BCUT2D eigenvalue weighted by Gasteiger charge is -2.14. The summed E-state index contributed by atoms with van der Waals surface area (Å²) in [6.07, 6.45) is 0.302. The first kappa shape index (κ1) is 20.6. The van der Waals surface area contributed by atoms with Gasteiger partial charge in [0.25, 0.3) is 11.2 Å². The number of halogens is 1. The van der Waals surface area contributed by atoms with E-state index in [1.807, 2.05) is 0 Å². The molecule has 0 aliphatic heterocycles. The number of hydrogen-bond donors (Lipinski definition) is 1. The molecule has 2 aromatic heterocycles. The van der Waals surface area contributed by atoms with Crippen molar-refractivity contribution < 1.29 is 19.2 Å². The second kappa shape index (κ2) is 8.62. The minimum atomic E-state index is -1.05. The molecule has 0 saturated carbocycles. The smallest absolute Gasteiger partial charge is 0.273 e. The number of hydrogen-bond acceptors (Lipinski definition) is 7. The molecule has 1 atom stereocenters. The Kier molecular flexibility index (Phi) is 5.74. The Hall–Kier alpha value is -3.63. The molecule has 158 valence electrons. The van der Waals surface area contributed by atoms with Crippen LogP contribution in [0.1, 0.15) is 0 Å². The van der Waals surface area contributed by atoms with E-state index in [-0.39, 0.29) is 36.0 Å². The van der Waals surface area contributed by atoms with E-state index in [1.165, 1.54) is 52.6 Å². The lowest BCUT2D eigenvalue weighted by molar-refractivity contribution is -0.384. The van der Waals surface area contributed by atoms with Gasteiger partial charge in [-0.2, -0.15) is 0 Å². The number of aliphatic hydroxyl groups is 1. The highest BCUT2D eigenvalue weighted by atomic mass is 32.1. The van der Waals surface area contributed by atoms with Crippen LogP contribution < -0.4 is 10.3 Å². The molecule has 4 aromatic rings. The van der Waals surface area contributed by atoms with E-state index in [0.29, 0.717) is 21.3 Å². The van der Waals surface area contributed by atoms with Gasteiger partial charge in [0.1, 0.15) is 29.1 Å². The summed E-state index contributed by atoms with van der Waals surface area (Å²) in [5.41, 5.74) is 0.886. The van der Waals surface area contributed by atoms with Crippen LogP contribution in [-0.2, 0) is 6.54 Å². The van der Waals surface area contributed by atoms with Gasteiger partial charge in [0.2, 0.25) is 0 Å². The topological polar surface area (TPSA) is 107 Å². The average molecular weight is 441 g/mol. The fourth-order valence-electron chi connectivity index (χ4n) is 3.10. The summed E-state index contributed by atoms with van der Waals surface area (Å²) in [7, 11) is 0. The van der Waals surface area contributed by atoms with E-state index in [1.54, 1.807) is 23.6 Å². The molecular formula is C21H16FN3O5S. The summed E-state index contributed by atoms with van der Waals surface area (Å²) >= 11 is 1.31. The third kappa shape index (κ3) is 4.44. The van der Waals surface area contributed by atoms with E-state index in [9.17, 15) is 24.4 Å². The number of nitro benzene ring substituents is 1. The highest BCUT2D eigenvalue weighted by molar-refractivity contribution is 7.17. The summed E-state index contributed by atoms with van der Waals surface area (Å²) in [6, 6.07) is 11.4. The fraction of sp³-hybridized carbons (Fsp3) is 0.143. The monoisotopic (exact) mass is 441 g/mol. The van der Waals surface area contributed by atoms with Crippen LogP contribution in [0.25, 0.3) is 21.3 Å². The summed E-state index contributed by atoms with van der Waals surface area (Å²) in [6.45, 7) is -0.241. The number of aromatic nitrogens is 2. The zero-order valence-electron chi connectivity index (χ0n) is 16.0. The van der Waals surface area contributed by atoms with Crippen molar-refractivity contribution in [2.24, 2.45) is 0 Å². The molecular weight excluding hydrogens is 425 g/mol. The average Bonchev–Trinajstić information content (AvgIpc) is 3.20. The first-order valence-electron chi connectivity index (χ1n) is 9.20. The highest BCUT2D eigenvalue weighted by Crippen LogP contribution is 2.30. The molecule has 0 unspecified atom stereocenters. The van der Waals surface area contributed by atoms with Crippen LogP contribution in [-0.4, -0.2) is 32.3 Å². The molecule has 0 spiro atoms. The highest BCUT2D eigenvalue weighted by Gasteiger charge is 2.16. The molecule has 8 nitrogen and oxygen atoms in total. The van der Waals surface area contributed by atoms with Gasteiger partial charge in [-0.3, -0.25) is 19.5 Å². The van der Waals surface area contributed by atoms with Crippen molar-refractivity contribution in [1.82, 2.24) is 9.55 Å². The van der Waals surface area contributed by atoms with Crippen LogP contribution in [0.3, 0.4) is 0 Å². The van der Waals surface area contributed by atoms with Crippen LogP contribution >= 0.6 is 11.3 Å². The zero-order chi connectivity index (χ0) is 22.0. The summed E-state index contributed by atoms with van der Waals surface area (Å²) in [4.78, 5) is 28.1. The number of ether oxygens (including phenoxy) is 1. The number of thiophene rings is 1. The number of fused-ring (bicyclic) bond motifs is 1. The lowest BCUT2D eigenvalue weighted by Crippen LogP contribution is -2.30. The van der Waals surface area contributed by atoms with Crippen molar-refractivity contribution in [3.05, 3.63) is 86.5 Å². The number of nitrogens with zero attached hydrogens (tertiary/aromatic N) is 3. The normalized spacial score (nSPS) is 12.1. The van der Waals surface area contributed by atoms with Gasteiger partial charge < -0.3 is 9.84 Å². The van der Waals surface area contributed by atoms with Gasteiger partial charge in [-0.25, -0.2) is 9.37 Å². The first-order chi connectivity index (χ1) is 14.9. The van der Waals surface area contributed by atoms with Crippen molar-refractivity contribution in [1.29, 1.82) is 0 Å². The number of aliphatic hydroxyl groups excluding tert-OH is 1. The molecule has 0 fully saturated rings. The van der Waals surface area contributed by atoms with E-state index in [4.69, 9.17) is 4.74 Å². The Balaban J connectivity index is 1.53. The van der Waals surface area contributed by atoms with Crippen LogP contribution in [0.2, 0.25) is 0 Å². The molecule has 0 aliphatic carbocycles. The minimum absolute atomic E-state index is 0.0740. The van der Waals surface area contributed by atoms with Gasteiger partial charge >= 0.3 is 0 Å². The van der Waals surface area contributed by atoms with Crippen LogP contribution in [0.4, 0.5) is 10.1 Å². The number of non-ortho nitro benzene ring substituents is 1. The fourth-order valence-corrected chi connectivity index (χ4v) is 4.01. The quantitative estimate of drug-likeness (QED) is 0.347. The maximum Gasteiger partial charge on any atom is 0.273 e. The van der Waals surface area contributed by atoms with Crippen LogP contribution in [0.5, 0.6) is 5.75 Å². The van der Waals surface area contributed by atoms with Gasteiger partial charge in [0.05, 0.1) is 29.2 Å². The Morgan fingerprint density at radius 2 is 2.03 bits per heavy atom. The molecule has 0 amide bonds. The van der Waals surface area contributed by atoms with Crippen molar-refractivity contribution >= 4 is 27.2 Å². The summed E-state index contributed by atoms with van der Waals surface area (Å²) < 4.78 is 19.9. The molecule has 4 rings (SSSR count). The molecule has 0 bridgehead atoms. The molecule has 1 N–H and O–H groups in total. The number of benzene rings is 2. The maximum absolute atomic E-state index is 13.2. The number of rotatable bonds is 7. The molecule has 2 heterocycles. The van der Waals surface area contributed by atoms with Crippen LogP contribution in [0.15, 0.2) is 65.0 Å². The van der Waals surface area contributed by atoms with E-state index in [2.05, 4.69) is 4.98 Å². The predicted octanol–water partition coefficient (Wildman–Crippen LogP) is 3.61. The second-order valence-electron chi connectivity index (χ2n) is 6.76. The Labute approximate surface area is 178 Å². The molecule has 2 aromatic carbocycles. The van der Waals surface area contributed by atoms with Gasteiger partial charge in [-0.15, -0.1) is 11.3 Å². The standard InChI is InChI=1S/C21H16FN3O5S/c22-14-6-4-13(5-7-14)18-11-31-20-19(18)21(27)24(12-23-20)9-16(26)10-30-17-3-1-2-15(8-17)25(28)29/h1-8,11-12,16,26H,9-10H2/t16-/m0/s1. The Bertz CT molecular complexity index is 1300. The largest absolute Gasteiger partial charge is 0.491 e. The second-order valence-corrected chi connectivity index (χ2v) is 7.62. The number of nitro groups is 1. The SMILES string of the molecule is O=c1c2c(-c3ccc(F)cc3)csc2ncn1C[C@H](O)COc1cccc([N+](=O)[O-])c1. The zero-order valence-corrected chi connectivity index (χ0v) is 16.8. The predicted molar refractivity (Wildman–Crippen MR) is 114 cm³/mol. The van der Waals surface area contributed by atoms with E-state index in [0.717, 1.165) is 0 Å². The van der Waals surface area contributed by atoms with Gasteiger partial charge in [0.15, 0.2) is 0 Å². The maximum atomic E-state index is 13.2. The third-order valence-corrected chi connectivity index (χ3v) is 5.48. The van der Waals surface area contributed by atoms with Crippen LogP contribution in [0, 0.1) is 15.9 Å². The minimum Gasteiger partial charge on any atom is -0.491 e. The molecule has 0 radical (unpaired) electrons. The van der Waals surface area contributed by atoms with E-state index >= 15 is 0 Å². The van der Waals surface area contributed by atoms with Crippen molar-refractivity contribution in [2.75, 3.05) is 6.61 Å². The molecule has 0 aliphatic rings. The third-order valence-electron chi connectivity index (χ3n) is 4.59. The molecule has 0 saturated heterocycles. The Morgan fingerprint density at radius 3 is 2.77 bits per heavy atom. The van der Waals surface area contributed by atoms with Crippen molar-refractivity contribution in [3.63, 3.8) is 0 Å². The summed E-state index contributed by atoms with van der Waals surface area (Å²) in [5, 5.41) is 23.3. The Morgan fingerprint density at radius 1 is 1.26 bits per heavy atom. The van der Waals surface area contributed by atoms with Crippen molar-refractivity contribution in [2.45, 2.75) is 12.6 Å². The summed E-state index contributed by atoms with van der Waals surface area (Å²) in [5.74, 6) is -0.128. The van der Waals surface area contributed by atoms with E-state index < -0.39 is 11.0 Å². The molecule has 31 heavy (non-hydrogen) atoms. The van der Waals surface area contributed by atoms with Gasteiger partial charge in [-0.1, -0.05) is 18.2 Å². The van der Waals surface area contributed by atoms with Gasteiger partial charge in [0, 0.05) is 17.0 Å². The van der Waals surface area contributed by atoms with Crippen molar-refractivity contribution in [3.8, 4) is 16.9 Å².